The topological polar surface area (TPSA) is 38.7 Å². The molecule has 16 heavy (non-hydrogen) atoms. The third kappa shape index (κ3) is 2.68. The Balaban J connectivity index is 3.18. The highest BCUT2D eigenvalue weighted by atomic mass is 79.9. The quantitative estimate of drug-likeness (QED) is 0.905. The maximum atomic E-state index is 8.85. The Morgan fingerprint density at radius 3 is 2.38 bits per heavy atom. The molecule has 0 aliphatic rings. The summed E-state index contributed by atoms with van der Waals surface area (Å²) in [6, 6.07) is 1.99. The molecule has 0 saturated carbocycles. The van der Waals surface area contributed by atoms with E-state index in [-0.39, 0.29) is 6.61 Å². The van der Waals surface area contributed by atoms with Gasteiger partial charge in [0.05, 0.1) is 18.7 Å². The molecule has 3 nitrogen and oxygen atoms in total. The average Bonchev–Trinajstić information content (AvgIpc) is 2.26. The van der Waals surface area contributed by atoms with Crippen LogP contribution >= 0.6 is 15.9 Å². The van der Waals surface area contributed by atoms with Crippen LogP contribution in [-0.4, -0.2) is 25.9 Å². The molecule has 0 spiro atoms. The first-order valence-corrected chi connectivity index (χ1v) is 5.95. The molecule has 4 heteroatoms. The lowest BCUT2D eigenvalue weighted by Gasteiger charge is -2.16. The first-order valence-electron chi connectivity index (χ1n) is 5.16. The lowest BCUT2D eigenvalue weighted by molar-refractivity contribution is 0.287. The Hall–Kier alpha value is -0.740. The molecular weight excluding hydrogens is 272 g/mol. The van der Waals surface area contributed by atoms with E-state index in [0.29, 0.717) is 0 Å². The van der Waals surface area contributed by atoms with E-state index in [4.69, 9.17) is 14.6 Å². The molecule has 0 atom stereocenters. The summed E-state index contributed by atoms with van der Waals surface area (Å²) in [5.74, 6) is 1.64. The summed E-state index contributed by atoms with van der Waals surface area (Å²) in [4.78, 5) is 0. The number of aryl methyl sites for hydroxylation is 1. The van der Waals surface area contributed by atoms with Crippen LogP contribution in [0.1, 0.15) is 17.5 Å². The summed E-state index contributed by atoms with van der Waals surface area (Å²) in [6.07, 6.45) is 1.53. The second kappa shape index (κ2) is 6.11. The largest absolute Gasteiger partial charge is 0.496 e. The van der Waals surface area contributed by atoms with Crippen molar-refractivity contribution in [1.82, 2.24) is 0 Å². The van der Waals surface area contributed by atoms with Crippen molar-refractivity contribution in [3.63, 3.8) is 0 Å². The molecule has 1 aromatic rings. The molecule has 0 radical (unpaired) electrons. The summed E-state index contributed by atoms with van der Waals surface area (Å²) >= 11 is 3.47. The number of aliphatic hydroxyl groups is 1. The number of rotatable bonds is 5. The molecule has 0 aliphatic carbocycles. The third-order valence-corrected chi connectivity index (χ3v) is 3.09. The first kappa shape index (κ1) is 13.3. The van der Waals surface area contributed by atoms with Crippen LogP contribution in [0.25, 0.3) is 0 Å². The summed E-state index contributed by atoms with van der Waals surface area (Å²) in [5.41, 5.74) is 2.06. The number of hydrogen-bond donors (Lipinski definition) is 1. The Kier molecular flexibility index (Phi) is 5.09. The van der Waals surface area contributed by atoms with Crippen molar-refractivity contribution in [2.24, 2.45) is 0 Å². The second-order valence-electron chi connectivity index (χ2n) is 3.54. The maximum Gasteiger partial charge on any atom is 0.139 e. The van der Waals surface area contributed by atoms with Crippen LogP contribution in [0.3, 0.4) is 0 Å². The highest BCUT2D eigenvalue weighted by Gasteiger charge is 2.14. The zero-order valence-electron chi connectivity index (χ0n) is 9.84. The van der Waals surface area contributed by atoms with Crippen molar-refractivity contribution < 1.29 is 14.6 Å². The second-order valence-corrected chi connectivity index (χ2v) is 4.39. The van der Waals surface area contributed by atoms with Gasteiger partial charge in [-0.25, -0.2) is 0 Å². The van der Waals surface area contributed by atoms with Crippen LogP contribution in [0, 0.1) is 6.92 Å². The number of aliphatic hydroxyl groups excluding tert-OH is 1. The van der Waals surface area contributed by atoms with Crippen LogP contribution in [0.15, 0.2) is 10.5 Å². The first-order chi connectivity index (χ1) is 7.65. The summed E-state index contributed by atoms with van der Waals surface area (Å²) in [5, 5.41) is 8.85. The lowest BCUT2D eigenvalue weighted by atomic mass is 10.0. The predicted octanol–water partition coefficient (Wildman–Crippen LogP) is 2.70. The highest BCUT2D eigenvalue weighted by molar-refractivity contribution is 9.10. The van der Waals surface area contributed by atoms with E-state index >= 15 is 0 Å². The van der Waals surface area contributed by atoms with Gasteiger partial charge in [-0.05, 0) is 47.3 Å². The summed E-state index contributed by atoms with van der Waals surface area (Å²) < 4.78 is 11.6. The van der Waals surface area contributed by atoms with Gasteiger partial charge in [0.25, 0.3) is 0 Å². The van der Waals surface area contributed by atoms with Gasteiger partial charge in [0, 0.05) is 12.2 Å². The lowest BCUT2D eigenvalue weighted by Crippen LogP contribution is -2.00. The van der Waals surface area contributed by atoms with E-state index in [1.54, 1.807) is 14.2 Å². The van der Waals surface area contributed by atoms with Crippen LogP contribution in [0.2, 0.25) is 0 Å². The van der Waals surface area contributed by atoms with E-state index in [0.717, 1.165) is 39.9 Å². The standard InChI is InChI=1S/C12H17BrO3/c1-8-11(15-2)9(5-4-6-14)7-10(13)12(8)16-3/h7,14H,4-6H2,1-3H3. The minimum atomic E-state index is 0.186. The van der Waals surface area contributed by atoms with Gasteiger partial charge in [-0.1, -0.05) is 0 Å². The number of hydrogen-bond acceptors (Lipinski definition) is 3. The fourth-order valence-electron chi connectivity index (χ4n) is 1.80. The van der Waals surface area contributed by atoms with Crippen LogP contribution in [0.4, 0.5) is 0 Å². The zero-order valence-corrected chi connectivity index (χ0v) is 11.4. The SMILES string of the molecule is COc1c(Br)cc(CCCO)c(OC)c1C. The van der Waals surface area contributed by atoms with Gasteiger partial charge >= 0.3 is 0 Å². The molecule has 0 heterocycles. The van der Waals surface area contributed by atoms with Crippen molar-refractivity contribution in [3.8, 4) is 11.5 Å². The highest BCUT2D eigenvalue weighted by Crippen LogP contribution is 2.38. The molecule has 0 fully saturated rings. The van der Waals surface area contributed by atoms with Crippen LogP contribution in [0.5, 0.6) is 11.5 Å². The average molecular weight is 289 g/mol. The molecule has 0 unspecified atom stereocenters. The summed E-state index contributed by atoms with van der Waals surface area (Å²) in [7, 11) is 3.29. The molecule has 1 N–H and O–H groups in total. The Labute approximate surface area is 105 Å². The number of ether oxygens (including phenoxy) is 2. The molecule has 0 amide bonds. The fraction of sp³-hybridized carbons (Fsp3) is 0.500. The van der Waals surface area contributed by atoms with Crippen LogP contribution < -0.4 is 9.47 Å². The van der Waals surface area contributed by atoms with Crippen molar-refractivity contribution in [2.75, 3.05) is 20.8 Å². The number of benzene rings is 1. The number of methoxy groups -OCH3 is 2. The van der Waals surface area contributed by atoms with E-state index in [1.165, 1.54) is 0 Å². The van der Waals surface area contributed by atoms with E-state index in [2.05, 4.69) is 15.9 Å². The molecule has 1 aromatic carbocycles. The van der Waals surface area contributed by atoms with Crippen LogP contribution in [-0.2, 0) is 6.42 Å². The van der Waals surface area contributed by atoms with E-state index in [9.17, 15) is 0 Å². The minimum absolute atomic E-state index is 0.186. The maximum absolute atomic E-state index is 8.85. The monoisotopic (exact) mass is 288 g/mol. The Bertz CT molecular complexity index is 364. The molecular formula is C12H17BrO3. The normalized spacial score (nSPS) is 10.3. The minimum Gasteiger partial charge on any atom is -0.496 e. The Morgan fingerprint density at radius 2 is 1.88 bits per heavy atom. The fourth-order valence-corrected chi connectivity index (χ4v) is 2.53. The number of halogens is 1. The molecule has 0 bridgehead atoms. The van der Waals surface area contributed by atoms with Gasteiger partial charge in [-0.3, -0.25) is 0 Å². The van der Waals surface area contributed by atoms with Crippen molar-refractivity contribution >= 4 is 15.9 Å². The van der Waals surface area contributed by atoms with Gasteiger partial charge < -0.3 is 14.6 Å². The van der Waals surface area contributed by atoms with Crippen molar-refractivity contribution in [1.29, 1.82) is 0 Å². The smallest absolute Gasteiger partial charge is 0.139 e. The zero-order chi connectivity index (χ0) is 12.1. The van der Waals surface area contributed by atoms with Crippen molar-refractivity contribution in [2.45, 2.75) is 19.8 Å². The van der Waals surface area contributed by atoms with Crippen molar-refractivity contribution in [3.05, 3.63) is 21.7 Å². The van der Waals surface area contributed by atoms with Gasteiger partial charge in [0.1, 0.15) is 11.5 Å². The van der Waals surface area contributed by atoms with E-state index < -0.39 is 0 Å². The Morgan fingerprint density at radius 1 is 1.25 bits per heavy atom. The van der Waals surface area contributed by atoms with Gasteiger partial charge in [-0.2, -0.15) is 0 Å². The van der Waals surface area contributed by atoms with Gasteiger partial charge in [0.15, 0.2) is 0 Å². The summed E-state index contributed by atoms with van der Waals surface area (Å²) in [6.45, 7) is 2.15. The molecule has 0 aliphatic heterocycles. The molecule has 0 aromatic heterocycles. The van der Waals surface area contributed by atoms with Gasteiger partial charge in [0.2, 0.25) is 0 Å². The predicted molar refractivity (Wildman–Crippen MR) is 67.4 cm³/mol. The third-order valence-electron chi connectivity index (χ3n) is 2.50. The molecule has 90 valence electrons. The van der Waals surface area contributed by atoms with Gasteiger partial charge in [-0.15, -0.1) is 0 Å². The molecule has 1 rings (SSSR count). The molecule has 0 saturated heterocycles. The van der Waals surface area contributed by atoms with E-state index in [1.807, 2.05) is 13.0 Å².